The van der Waals surface area contributed by atoms with Gasteiger partial charge in [0.05, 0.1) is 24.1 Å². The summed E-state index contributed by atoms with van der Waals surface area (Å²) < 4.78 is 19.1. The van der Waals surface area contributed by atoms with Gasteiger partial charge >= 0.3 is 5.97 Å². The molecule has 0 aromatic heterocycles. The van der Waals surface area contributed by atoms with Gasteiger partial charge < -0.3 is 9.84 Å². The first-order valence-corrected chi connectivity index (χ1v) is 11.8. The quantitative estimate of drug-likeness (QED) is 0.492. The van der Waals surface area contributed by atoms with E-state index < -0.39 is 47.0 Å². The van der Waals surface area contributed by atoms with E-state index in [-0.39, 0.29) is 6.42 Å². The van der Waals surface area contributed by atoms with Crippen LogP contribution in [-0.2, 0) is 20.8 Å². The molecule has 8 heteroatoms. The summed E-state index contributed by atoms with van der Waals surface area (Å²) in [6.07, 6.45) is -0.00181. The maximum absolute atomic E-state index is 13.9. The molecule has 0 saturated carbocycles. The molecule has 2 heterocycles. The zero-order valence-corrected chi connectivity index (χ0v) is 19.6. The van der Waals surface area contributed by atoms with Gasteiger partial charge in [0.2, 0.25) is 11.8 Å². The number of imide groups is 1. The number of ether oxygens (including phenoxy) is 1. The van der Waals surface area contributed by atoms with Crippen LogP contribution in [0.15, 0.2) is 78.9 Å². The Kier molecular flexibility index (Phi) is 6.05. The van der Waals surface area contributed by atoms with Crippen molar-refractivity contribution in [2.24, 2.45) is 11.8 Å². The lowest BCUT2D eigenvalue weighted by atomic mass is 9.76. The minimum Gasteiger partial charge on any atom is -0.494 e. The van der Waals surface area contributed by atoms with Crippen molar-refractivity contribution in [3.8, 4) is 5.75 Å². The first-order chi connectivity index (χ1) is 17.4. The predicted octanol–water partition coefficient (Wildman–Crippen LogP) is 3.74. The van der Waals surface area contributed by atoms with E-state index in [0.717, 1.165) is 4.90 Å². The lowest BCUT2D eigenvalue weighted by molar-refractivity contribution is -0.148. The third kappa shape index (κ3) is 3.83. The molecule has 2 N–H and O–H groups in total. The maximum Gasteiger partial charge on any atom is 0.325 e. The van der Waals surface area contributed by atoms with E-state index in [1.54, 1.807) is 48.5 Å². The van der Waals surface area contributed by atoms with Crippen molar-refractivity contribution in [3.05, 3.63) is 95.8 Å². The highest BCUT2D eigenvalue weighted by atomic mass is 19.1. The second-order valence-electron chi connectivity index (χ2n) is 9.05. The number of amides is 2. The van der Waals surface area contributed by atoms with Gasteiger partial charge in [-0.1, -0.05) is 42.5 Å². The van der Waals surface area contributed by atoms with Crippen molar-refractivity contribution in [1.82, 2.24) is 5.32 Å². The molecule has 2 aliphatic heterocycles. The molecule has 0 spiro atoms. The number of benzene rings is 3. The molecule has 0 unspecified atom stereocenters. The van der Waals surface area contributed by atoms with Gasteiger partial charge in [-0.25, -0.2) is 9.29 Å². The predicted molar refractivity (Wildman–Crippen MR) is 130 cm³/mol. The summed E-state index contributed by atoms with van der Waals surface area (Å²) in [4.78, 5) is 41.6. The van der Waals surface area contributed by atoms with E-state index in [1.165, 1.54) is 24.3 Å². The number of nitrogens with zero attached hydrogens (tertiary/aromatic N) is 1. The number of nitrogens with one attached hydrogen (secondary N) is 1. The minimum absolute atomic E-state index is 0.00181. The highest BCUT2D eigenvalue weighted by molar-refractivity contribution is 6.24. The standard InChI is InChI=1S/C28H25FN2O5/c1-2-36-21-14-12-20(13-15-21)31-25(32)22-23(26(31)33)28(27(34)35,16-17-6-4-3-5-7-17)30-24(22)18-8-10-19(29)11-9-18/h3-15,22-24,30H,2,16H2,1H3,(H,34,35)/t22-,23+,24-,28+/m0/s1. The largest absolute Gasteiger partial charge is 0.494 e. The van der Waals surface area contributed by atoms with Crippen LogP contribution < -0.4 is 15.0 Å². The molecule has 7 nitrogen and oxygen atoms in total. The summed E-state index contributed by atoms with van der Waals surface area (Å²) >= 11 is 0. The van der Waals surface area contributed by atoms with Gasteiger partial charge in [0.1, 0.15) is 17.1 Å². The summed E-state index contributed by atoms with van der Waals surface area (Å²) in [5, 5.41) is 13.7. The Bertz CT molecular complexity index is 1300. The number of halogens is 1. The van der Waals surface area contributed by atoms with Crippen molar-refractivity contribution in [3.63, 3.8) is 0 Å². The van der Waals surface area contributed by atoms with Crippen LogP contribution in [-0.4, -0.2) is 35.0 Å². The average Bonchev–Trinajstić information content (AvgIpc) is 3.35. The Morgan fingerprint density at radius 2 is 1.67 bits per heavy atom. The van der Waals surface area contributed by atoms with E-state index in [9.17, 15) is 23.9 Å². The summed E-state index contributed by atoms with van der Waals surface area (Å²) in [5.74, 6) is -4.29. The van der Waals surface area contributed by atoms with Crippen LogP contribution in [0, 0.1) is 17.7 Å². The molecule has 2 fully saturated rings. The SMILES string of the molecule is CCOc1ccc(N2C(=O)[C@@H]3[C@H](c4ccc(F)cc4)N[C@@](Cc4ccccc4)(C(=O)O)[C@H]3C2=O)cc1. The van der Waals surface area contributed by atoms with Crippen molar-refractivity contribution < 1.29 is 28.6 Å². The third-order valence-corrected chi connectivity index (χ3v) is 7.00. The number of hydrogen-bond acceptors (Lipinski definition) is 5. The van der Waals surface area contributed by atoms with Crippen LogP contribution in [0.2, 0.25) is 0 Å². The molecule has 2 aliphatic rings. The molecule has 184 valence electrons. The summed E-state index contributed by atoms with van der Waals surface area (Å²) in [7, 11) is 0. The van der Waals surface area contributed by atoms with Crippen molar-refractivity contribution >= 4 is 23.5 Å². The average molecular weight is 489 g/mol. The molecule has 3 aromatic rings. The Labute approximate surface area is 207 Å². The van der Waals surface area contributed by atoms with E-state index in [2.05, 4.69) is 5.32 Å². The van der Waals surface area contributed by atoms with Gasteiger partial charge in [-0.3, -0.25) is 19.7 Å². The fourth-order valence-electron chi connectivity index (χ4n) is 5.42. The van der Waals surface area contributed by atoms with E-state index in [4.69, 9.17) is 4.74 Å². The fourth-order valence-corrected chi connectivity index (χ4v) is 5.42. The Balaban J connectivity index is 1.61. The van der Waals surface area contributed by atoms with E-state index in [0.29, 0.717) is 29.2 Å². The van der Waals surface area contributed by atoms with Crippen LogP contribution >= 0.6 is 0 Å². The van der Waals surface area contributed by atoms with Crippen LogP contribution in [0.4, 0.5) is 10.1 Å². The van der Waals surface area contributed by atoms with E-state index >= 15 is 0 Å². The first-order valence-electron chi connectivity index (χ1n) is 11.8. The number of anilines is 1. The number of aliphatic carboxylic acids is 1. The van der Waals surface area contributed by atoms with Gasteiger partial charge in [0.25, 0.3) is 0 Å². The number of fused-ring (bicyclic) bond motifs is 1. The van der Waals surface area contributed by atoms with Crippen molar-refractivity contribution in [2.75, 3.05) is 11.5 Å². The lowest BCUT2D eigenvalue weighted by Gasteiger charge is -2.31. The number of carboxylic acid groups (broad SMARTS) is 1. The monoisotopic (exact) mass is 488 g/mol. The van der Waals surface area contributed by atoms with E-state index in [1.807, 2.05) is 13.0 Å². The molecular formula is C28H25FN2O5. The Morgan fingerprint density at radius 3 is 2.28 bits per heavy atom. The number of carboxylic acids is 1. The smallest absolute Gasteiger partial charge is 0.325 e. The second kappa shape index (κ2) is 9.20. The normalized spacial score (nSPS) is 25.2. The minimum atomic E-state index is -1.74. The first kappa shape index (κ1) is 23.7. The maximum atomic E-state index is 13.9. The van der Waals surface area contributed by atoms with Crippen molar-refractivity contribution in [1.29, 1.82) is 0 Å². The van der Waals surface area contributed by atoms with Gasteiger partial charge in [-0.05, 0) is 54.4 Å². The van der Waals surface area contributed by atoms with Gasteiger partial charge in [-0.15, -0.1) is 0 Å². The number of rotatable bonds is 7. The highest BCUT2D eigenvalue weighted by Gasteiger charge is 2.68. The van der Waals surface area contributed by atoms with Gasteiger partial charge in [0, 0.05) is 12.5 Å². The van der Waals surface area contributed by atoms with Crippen LogP contribution in [0.5, 0.6) is 5.75 Å². The zero-order valence-electron chi connectivity index (χ0n) is 19.6. The molecule has 0 radical (unpaired) electrons. The van der Waals surface area contributed by atoms with Gasteiger partial charge in [0.15, 0.2) is 0 Å². The second-order valence-corrected chi connectivity index (χ2v) is 9.05. The summed E-state index contributed by atoms with van der Waals surface area (Å²) in [5.41, 5.74) is -0.139. The molecule has 5 rings (SSSR count). The molecule has 3 aromatic carbocycles. The number of carbonyl (C=O) groups excluding carboxylic acids is 2. The summed E-state index contributed by atoms with van der Waals surface area (Å²) in [6.45, 7) is 2.32. The molecule has 4 atom stereocenters. The van der Waals surface area contributed by atoms with Crippen LogP contribution in [0.1, 0.15) is 24.1 Å². The molecule has 2 saturated heterocycles. The lowest BCUT2D eigenvalue weighted by Crippen LogP contribution is -2.57. The Morgan fingerprint density at radius 1 is 1.00 bits per heavy atom. The molecule has 0 bridgehead atoms. The molecular weight excluding hydrogens is 463 g/mol. The Hall–Kier alpha value is -4.04. The van der Waals surface area contributed by atoms with Gasteiger partial charge in [-0.2, -0.15) is 0 Å². The van der Waals surface area contributed by atoms with Crippen LogP contribution in [0.25, 0.3) is 0 Å². The van der Waals surface area contributed by atoms with Crippen molar-refractivity contribution in [2.45, 2.75) is 24.9 Å². The molecule has 0 aliphatic carbocycles. The zero-order chi connectivity index (χ0) is 25.4. The summed E-state index contributed by atoms with van der Waals surface area (Å²) in [6, 6.07) is 20.3. The molecule has 2 amide bonds. The number of carbonyl (C=O) groups is 3. The third-order valence-electron chi connectivity index (χ3n) is 7.00. The highest BCUT2D eigenvalue weighted by Crippen LogP contribution is 2.51. The number of hydrogen-bond donors (Lipinski definition) is 2. The topological polar surface area (TPSA) is 95.9 Å². The van der Waals surface area contributed by atoms with Crippen LogP contribution in [0.3, 0.4) is 0 Å². The fraction of sp³-hybridized carbons (Fsp3) is 0.250. The molecule has 36 heavy (non-hydrogen) atoms.